The van der Waals surface area contributed by atoms with E-state index < -0.39 is 22.8 Å². The van der Waals surface area contributed by atoms with E-state index in [1.54, 1.807) is 24.4 Å². The van der Waals surface area contributed by atoms with E-state index in [2.05, 4.69) is 43.1 Å². The second-order valence-electron chi connectivity index (χ2n) is 13.2. The summed E-state index contributed by atoms with van der Waals surface area (Å²) in [7, 11) is 0. The van der Waals surface area contributed by atoms with Crippen LogP contribution in [-0.2, 0) is 22.7 Å². The summed E-state index contributed by atoms with van der Waals surface area (Å²) in [5.74, 6) is -0.0212. The number of carboxylic acid groups (broad SMARTS) is 1. The first-order valence-corrected chi connectivity index (χ1v) is 16.6. The maximum absolute atomic E-state index is 14.1. The number of pyridine rings is 1. The first-order valence-electron chi connectivity index (χ1n) is 16.3. The molecule has 1 unspecified atom stereocenters. The molecule has 1 amide bonds. The molecule has 3 aromatic rings. The molecule has 9 nitrogen and oxygen atoms in total. The number of hydrogen-bond acceptors (Lipinski definition) is 7. The molecule has 2 aliphatic heterocycles. The Morgan fingerprint density at radius 3 is 2.58 bits per heavy atom. The van der Waals surface area contributed by atoms with Crippen molar-refractivity contribution in [3.63, 3.8) is 0 Å². The minimum atomic E-state index is -1.02. The second-order valence-corrected chi connectivity index (χ2v) is 13.6. The lowest BCUT2D eigenvalue weighted by molar-refractivity contribution is -0.145. The molecule has 248 valence electrons. The van der Waals surface area contributed by atoms with Crippen LogP contribution in [0.4, 0.5) is 0 Å². The van der Waals surface area contributed by atoms with Crippen molar-refractivity contribution in [1.29, 1.82) is 5.26 Å². The van der Waals surface area contributed by atoms with Crippen LogP contribution in [-0.4, -0.2) is 64.0 Å². The predicted molar refractivity (Wildman–Crippen MR) is 182 cm³/mol. The van der Waals surface area contributed by atoms with Gasteiger partial charge in [-0.25, -0.2) is 0 Å². The van der Waals surface area contributed by atoms with Gasteiger partial charge in [-0.1, -0.05) is 80.4 Å². The summed E-state index contributed by atoms with van der Waals surface area (Å²) in [4.78, 5) is 34.1. The van der Waals surface area contributed by atoms with Crippen molar-refractivity contribution in [1.82, 2.24) is 14.8 Å². The van der Waals surface area contributed by atoms with Crippen molar-refractivity contribution in [3.05, 3.63) is 106 Å². The van der Waals surface area contributed by atoms with Crippen LogP contribution in [0, 0.1) is 22.2 Å². The molecular weight excluding hydrogens is 628 g/mol. The third-order valence-corrected chi connectivity index (χ3v) is 10.1. The van der Waals surface area contributed by atoms with Gasteiger partial charge in [-0.15, -0.1) is 0 Å². The molecule has 1 aliphatic carbocycles. The first kappa shape index (κ1) is 33.3. The Balaban J connectivity index is 1.33. The Hall–Kier alpha value is -4.65. The van der Waals surface area contributed by atoms with Gasteiger partial charge >= 0.3 is 5.97 Å². The predicted octanol–water partition coefficient (Wildman–Crippen LogP) is 6.51. The van der Waals surface area contributed by atoms with Gasteiger partial charge in [0.15, 0.2) is 0 Å². The molecule has 2 aromatic carbocycles. The molecule has 1 N–H and O–H groups in total. The van der Waals surface area contributed by atoms with Gasteiger partial charge in [-0.3, -0.25) is 19.5 Å². The monoisotopic (exact) mass is 666 g/mol. The van der Waals surface area contributed by atoms with Crippen molar-refractivity contribution >= 4 is 29.1 Å². The van der Waals surface area contributed by atoms with Crippen molar-refractivity contribution in [2.24, 2.45) is 10.8 Å². The van der Waals surface area contributed by atoms with Gasteiger partial charge in [-0.05, 0) is 42.7 Å². The number of aliphatic carboxylic acids is 1. The number of carboxylic acids is 1. The van der Waals surface area contributed by atoms with E-state index in [1.807, 2.05) is 40.2 Å². The molecule has 3 aliphatic rings. The zero-order valence-corrected chi connectivity index (χ0v) is 27.9. The molecule has 1 aromatic heterocycles. The lowest BCUT2D eigenvalue weighted by Gasteiger charge is -2.46. The molecule has 0 saturated carbocycles. The molecule has 48 heavy (non-hydrogen) atoms. The second kappa shape index (κ2) is 13.8. The van der Waals surface area contributed by atoms with Gasteiger partial charge in [0, 0.05) is 54.6 Å². The maximum atomic E-state index is 14.1. The highest BCUT2D eigenvalue weighted by Gasteiger charge is 2.56. The number of nitriles is 1. The van der Waals surface area contributed by atoms with Gasteiger partial charge in [0.2, 0.25) is 5.91 Å². The lowest BCUT2D eigenvalue weighted by Crippen LogP contribution is -2.51. The van der Waals surface area contributed by atoms with Crippen LogP contribution in [0.5, 0.6) is 11.5 Å². The molecule has 0 spiro atoms. The fourth-order valence-corrected chi connectivity index (χ4v) is 7.05. The van der Waals surface area contributed by atoms with Crippen molar-refractivity contribution in [2.75, 3.05) is 26.2 Å². The van der Waals surface area contributed by atoms with E-state index in [0.717, 1.165) is 24.0 Å². The molecule has 2 saturated heterocycles. The topological polar surface area (TPSA) is 116 Å². The number of benzene rings is 2. The first-order chi connectivity index (χ1) is 23.1. The number of nitrogens with zero attached hydrogens (tertiary/aromatic N) is 4. The Bertz CT molecular complexity index is 1800. The molecule has 0 bridgehead atoms. The van der Waals surface area contributed by atoms with E-state index in [1.165, 1.54) is 6.20 Å². The summed E-state index contributed by atoms with van der Waals surface area (Å²) in [6, 6.07) is 16.8. The van der Waals surface area contributed by atoms with Crippen molar-refractivity contribution < 1.29 is 24.2 Å². The summed E-state index contributed by atoms with van der Waals surface area (Å²) in [6.07, 6.45) is 11.4. The maximum Gasteiger partial charge on any atom is 0.320 e. The number of halogens is 1. The SMILES string of the molecule is CC1(C)C(c2ccccc2)=CC=CC1(COc1cc(OCc2cncc(C#N)c2)c(CN2CCCC[C@H]2C(=O)O)cc1Cl)C(=O)N1CC1. The highest BCUT2D eigenvalue weighted by Crippen LogP contribution is 2.54. The van der Waals surface area contributed by atoms with Gasteiger partial charge in [0.25, 0.3) is 0 Å². The minimum absolute atomic E-state index is 0.00387. The Morgan fingerprint density at radius 1 is 1.06 bits per heavy atom. The van der Waals surface area contributed by atoms with E-state index in [9.17, 15) is 20.0 Å². The summed E-state index contributed by atoms with van der Waals surface area (Å²) < 4.78 is 12.9. The smallest absolute Gasteiger partial charge is 0.320 e. The van der Waals surface area contributed by atoms with Gasteiger partial charge < -0.3 is 19.5 Å². The zero-order valence-electron chi connectivity index (χ0n) is 27.2. The van der Waals surface area contributed by atoms with E-state index in [-0.39, 0.29) is 19.1 Å². The number of allylic oxidation sites excluding steroid dienone is 3. The van der Waals surface area contributed by atoms with Crippen molar-refractivity contribution in [2.45, 2.75) is 52.3 Å². The minimum Gasteiger partial charge on any atom is -0.490 e. The Kier molecular flexibility index (Phi) is 9.58. The molecule has 6 rings (SSSR count). The van der Waals surface area contributed by atoms with Crippen LogP contribution in [0.25, 0.3) is 5.57 Å². The quantitative estimate of drug-likeness (QED) is 0.230. The van der Waals surface area contributed by atoms with Gasteiger partial charge in [-0.2, -0.15) is 5.26 Å². The number of carbonyl (C=O) groups is 2. The van der Waals surface area contributed by atoms with Crippen LogP contribution in [0.1, 0.15) is 55.4 Å². The van der Waals surface area contributed by atoms with E-state index >= 15 is 0 Å². The fraction of sp³-hybridized carbons (Fsp3) is 0.368. The number of aromatic nitrogens is 1. The average molecular weight is 667 g/mol. The number of ether oxygens (including phenoxy) is 2. The molecule has 3 heterocycles. The standard InChI is InChI=1S/C38H39ClN4O5/c1-37(2)30(28-9-4-3-5-10-28)11-8-13-38(37,36(46)42-15-16-42)25-48-34-19-33(47-24-27-17-26(20-40)21-41-22-27)29(18-31(34)39)23-43-14-7-6-12-32(43)35(44)45/h3-5,8-11,13,17-19,21-22,32H,6-7,12,14-16,23-25H2,1-2H3,(H,44,45)/t32-,38?/m0/s1. The number of carbonyl (C=O) groups excluding carboxylic acids is 1. The Morgan fingerprint density at radius 2 is 1.85 bits per heavy atom. The third kappa shape index (κ3) is 6.69. The molecule has 10 heteroatoms. The number of likely N-dealkylation sites (tertiary alicyclic amines) is 1. The summed E-state index contributed by atoms with van der Waals surface area (Å²) in [5.41, 5.74) is 2.27. The summed E-state index contributed by atoms with van der Waals surface area (Å²) in [5, 5.41) is 19.6. The highest BCUT2D eigenvalue weighted by atomic mass is 35.5. The van der Waals surface area contributed by atoms with Gasteiger partial charge in [0.05, 0.1) is 10.6 Å². The zero-order chi connectivity index (χ0) is 33.9. The molecule has 2 fully saturated rings. The average Bonchev–Trinajstić information content (AvgIpc) is 3.94. The number of piperidine rings is 1. The van der Waals surface area contributed by atoms with Crippen LogP contribution in [0.2, 0.25) is 5.02 Å². The Labute approximate surface area is 286 Å². The molecule has 0 radical (unpaired) electrons. The highest BCUT2D eigenvalue weighted by molar-refractivity contribution is 6.32. The van der Waals surface area contributed by atoms with Gasteiger partial charge in [0.1, 0.15) is 42.2 Å². The number of rotatable bonds is 11. The number of amides is 1. The van der Waals surface area contributed by atoms with Crippen LogP contribution in [0.15, 0.2) is 79.2 Å². The largest absolute Gasteiger partial charge is 0.490 e. The van der Waals surface area contributed by atoms with Crippen LogP contribution in [0.3, 0.4) is 0 Å². The molecular formula is C38H39ClN4O5. The molecule has 2 atom stereocenters. The normalized spacial score (nSPS) is 21.6. The summed E-state index contributed by atoms with van der Waals surface area (Å²) in [6.45, 7) is 6.70. The van der Waals surface area contributed by atoms with E-state index in [0.29, 0.717) is 65.8 Å². The summed E-state index contributed by atoms with van der Waals surface area (Å²) >= 11 is 6.90. The fourth-order valence-electron chi connectivity index (χ4n) is 6.81. The lowest BCUT2D eigenvalue weighted by atomic mass is 9.58. The van der Waals surface area contributed by atoms with Crippen LogP contribution < -0.4 is 9.47 Å². The van der Waals surface area contributed by atoms with E-state index in [4.69, 9.17) is 21.1 Å². The van der Waals surface area contributed by atoms with Crippen molar-refractivity contribution in [3.8, 4) is 17.6 Å². The van der Waals surface area contributed by atoms with Crippen LogP contribution >= 0.6 is 11.6 Å². The number of hydrogen-bond donors (Lipinski definition) is 1. The third-order valence-electron chi connectivity index (χ3n) is 9.79.